The number of rotatable bonds is 7. The van der Waals surface area contributed by atoms with Gasteiger partial charge in [-0.1, -0.05) is 39.3 Å². The molecule has 2 aromatic rings. The quantitative estimate of drug-likeness (QED) is 0.745. The summed E-state index contributed by atoms with van der Waals surface area (Å²) in [4.78, 5) is 17.7. The number of fused-ring (bicyclic) bond motifs is 1. The summed E-state index contributed by atoms with van der Waals surface area (Å²) >= 11 is 0. The summed E-state index contributed by atoms with van der Waals surface area (Å²) in [7, 11) is -3.65. The number of para-hydroxylation sites is 1. The van der Waals surface area contributed by atoms with E-state index >= 15 is 0 Å². The van der Waals surface area contributed by atoms with Crippen molar-refractivity contribution in [2.24, 2.45) is 10.9 Å². The summed E-state index contributed by atoms with van der Waals surface area (Å²) in [5.41, 5.74) is 0.215. The normalized spacial score (nSPS) is 15.2. The fourth-order valence-electron chi connectivity index (χ4n) is 3.29. The number of hydrogen-bond donors (Lipinski definition) is 1. The number of sulfone groups is 1. The molecule has 0 atom stereocenters. The lowest BCUT2D eigenvalue weighted by molar-refractivity contribution is 0.427. The zero-order valence-electron chi connectivity index (χ0n) is 17.1. The van der Waals surface area contributed by atoms with Crippen molar-refractivity contribution in [3.8, 4) is 5.75 Å². The van der Waals surface area contributed by atoms with Gasteiger partial charge in [0.15, 0.2) is 15.6 Å². The summed E-state index contributed by atoms with van der Waals surface area (Å²) in [6.45, 7) is 6.54. The number of hydrogen-bond acceptors (Lipinski definition) is 6. The topological polar surface area (TPSA) is 102 Å². The molecule has 8 heteroatoms. The summed E-state index contributed by atoms with van der Waals surface area (Å²) in [5, 5.41) is 15.2. The van der Waals surface area contributed by atoms with Crippen LogP contribution in [0.15, 0.2) is 38.9 Å². The van der Waals surface area contributed by atoms with Crippen LogP contribution >= 0.6 is 0 Å². The average Bonchev–Trinajstić information content (AvgIpc) is 2.66. The van der Waals surface area contributed by atoms with E-state index in [9.17, 15) is 18.3 Å². The number of benzene rings is 1. The van der Waals surface area contributed by atoms with Gasteiger partial charge in [0, 0.05) is 6.54 Å². The van der Waals surface area contributed by atoms with Crippen molar-refractivity contribution in [3.63, 3.8) is 0 Å². The molecule has 1 aromatic carbocycles. The highest BCUT2D eigenvalue weighted by molar-refractivity contribution is 7.92. The molecule has 0 unspecified atom stereocenters. The molecule has 0 radical (unpaired) electrons. The third kappa shape index (κ3) is 4.42. The highest BCUT2D eigenvalue weighted by Crippen LogP contribution is 2.32. The molecule has 2 heterocycles. The van der Waals surface area contributed by atoms with E-state index in [4.69, 9.17) is 0 Å². The first-order valence-corrected chi connectivity index (χ1v) is 11.6. The van der Waals surface area contributed by atoms with Crippen LogP contribution in [-0.2, 0) is 22.8 Å². The lowest BCUT2D eigenvalue weighted by Gasteiger charge is -2.19. The first kappa shape index (κ1) is 21.2. The van der Waals surface area contributed by atoms with Gasteiger partial charge in [-0.2, -0.15) is 5.10 Å². The molecular weight excluding hydrogens is 390 g/mol. The molecule has 1 aliphatic rings. The second-order valence-electron chi connectivity index (χ2n) is 7.77. The van der Waals surface area contributed by atoms with Crippen molar-refractivity contribution >= 4 is 21.2 Å². The standard InChI is InChI=1S/C21H27N3O4S/c1-4-5-8-16-20(25)19(21(26)24(23-16)12-11-14(2)3)17-13-29(27,28)18-10-7-6-9-15(18)22-17/h6-7,9-10,14,25H,4-5,8,11-13H2,1-3H3. The van der Waals surface area contributed by atoms with Gasteiger partial charge in [0.25, 0.3) is 5.56 Å². The van der Waals surface area contributed by atoms with Crippen molar-refractivity contribution in [2.45, 2.75) is 57.9 Å². The van der Waals surface area contributed by atoms with Crippen LogP contribution in [0.4, 0.5) is 5.69 Å². The number of aromatic nitrogens is 2. The molecule has 0 saturated heterocycles. The number of nitrogens with zero attached hydrogens (tertiary/aromatic N) is 3. The number of aryl methyl sites for hydroxylation is 2. The fourth-order valence-corrected chi connectivity index (χ4v) is 4.74. The Kier molecular flexibility index (Phi) is 6.21. The van der Waals surface area contributed by atoms with Crippen molar-refractivity contribution in [1.29, 1.82) is 0 Å². The summed E-state index contributed by atoms with van der Waals surface area (Å²) in [6.07, 6.45) is 2.96. The van der Waals surface area contributed by atoms with Gasteiger partial charge < -0.3 is 5.11 Å². The maximum absolute atomic E-state index is 13.1. The lowest BCUT2D eigenvalue weighted by Crippen LogP contribution is -2.34. The molecule has 0 aliphatic carbocycles. The minimum absolute atomic E-state index is 0.0482. The Balaban J connectivity index is 2.19. The van der Waals surface area contributed by atoms with Crippen molar-refractivity contribution in [1.82, 2.24) is 9.78 Å². The molecule has 1 aliphatic heterocycles. The Labute approximate surface area is 171 Å². The van der Waals surface area contributed by atoms with Crippen molar-refractivity contribution in [3.05, 3.63) is 45.9 Å². The molecule has 3 rings (SSSR count). The SMILES string of the molecule is CCCCc1nn(CCC(C)C)c(=O)c(C2=Nc3ccccc3S(=O)(=O)C2)c1O. The van der Waals surface area contributed by atoms with Crippen LogP contribution in [0.5, 0.6) is 5.75 Å². The van der Waals surface area contributed by atoms with E-state index in [0.29, 0.717) is 24.6 Å². The largest absolute Gasteiger partial charge is 0.505 e. The maximum atomic E-state index is 13.1. The first-order valence-electron chi connectivity index (χ1n) is 9.97. The molecular formula is C21H27N3O4S. The van der Waals surface area contributed by atoms with E-state index < -0.39 is 21.1 Å². The first-order chi connectivity index (χ1) is 13.7. The van der Waals surface area contributed by atoms with Gasteiger partial charge in [0.05, 0.1) is 22.0 Å². The van der Waals surface area contributed by atoms with Gasteiger partial charge in [0.2, 0.25) is 0 Å². The van der Waals surface area contributed by atoms with Gasteiger partial charge >= 0.3 is 0 Å². The Morgan fingerprint density at radius 3 is 2.66 bits per heavy atom. The Bertz CT molecular complexity index is 1100. The molecule has 7 nitrogen and oxygen atoms in total. The summed E-state index contributed by atoms with van der Waals surface area (Å²) in [6, 6.07) is 6.44. The number of aliphatic imine (C=N–C) groups is 1. The van der Waals surface area contributed by atoms with Crippen LogP contribution in [0.25, 0.3) is 0 Å². The van der Waals surface area contributed by atoms with Crippen LogP contribution in [0.1, 0.15) is 51.3 Å². The predicted molar refractivity (Wildman–Crippen MR) is 113 cm³/mol. The second-order valence-corrected chi connectivity index (χ2v) is 9.73. The van der Waals surface area contributed by atoms with Crippen LogP contribution in [-0.4, -0.2) is 34.8 Å². The predicted octanol–water partition coefficient (Wildman–Crippen LogP) is 3.25. The zero-order valence-corrected chi connectivity index (χ0v) is 17.9. The molecule has 0 spiro atoms. The highest BCUT2D eigenvalue weighted by atomic mass is 32.2. The maximum Gasteiger partial charge on any atom is 0.279 e. The van der Waals surface area contributed by atoms with E-state index in [1.54, 1.807) is 18.2 Å². The van der Waals surface area contributed by atoms with Gasteiger partial charge in [-0.15, -0.1) is 0 Å². The van der Waals surface area contributed by atoms with Crippen LogP contribution in [0.2, 0.25) is 0 Å². The molecule has 0 bridgehead atoms. The molecule has 29 heavy (non-hydrogen) atoms. The molecule has 1 aromatic heterocycles. The fraction of sp³-hybridized carbons (Fsp3) is 0.476. The van der Waals surface area contributed by atoms with Crippen LogP contribution < -0.4 is 5.56 Å². The van der Waals surface area contributed by atoms with E-state index in [1.807, 2.05) is 6.92 Å². The van der Waals surface area contributed by atoms with Crippen LogP contribution in [0.3, 0.4) is 0 Å². The molecule has 0 fully saturated rings. The number of aromatic hydroxyl groups is 1. The third-order valence-corrected chi connectivity index (χ3v) is 6.63. The van der Waals surface area contributed by atoms with E-state index in [2.05, 4.69) is 23.9 Å². The zero-order chi connectivity index (χ0) is 21.2. The molecule has 156 valence electrons. The second kappa shape index (κ2) is 8.49. The van der Waals surface area contributed by atoms with E-state index in [-0.39, 0.29) is 27.6 Å². The van der Waals surface area contributed by atoms with Crippen molar-refractivity contribution < 1.29 is 13.5 Å². The van der Waals surface area contributed by atoms with Gasteiger partial charge in [-0.05, 0) is 37.3 Å². The Morgan fingerprint density at radius 2 is 1.97 bits per heavy atom. The average molecular weight is 418 g/mol. The molecule has 0 amide bonds. The molecule has 1 N–H and O–H groups in total. The monoisotopic (exact) mass is 417 g/mol. The Morgan fingerprint density at radius 1 is 1.24 bits per heavy atom. The minimum atomic E-state index is -3.65. The minimum Gasteiger partial charge on any atom is -0.505 e. The van der Waals surface area contributed by atoms with Crippen LogP contribution in [0, 0.1) is 5.92 Å². The highest BCUT2D eigenvalue weighted by Gasteiger charge is 2.31. The van der Waals surface area contributed by atoms with E-state index in [0.717, 1.165) is 19.3 Å². The van der Waals surface area contributed by atoms with E-state index in [1.165, 1.54) is 10.7 Å². The smallest absolute Gasteiger partial charge is 0.279 e. The summed E-state index contributed by atoms with van der Waals surface area (Å²) < 4.78 is 26.8. The van der Waals surface area contributed by atoms with Gasteiger partial charge in [-0.25, -0.2) is 13.1 Å². The Hall–Kier alpha value is -2.48. The summed E-state index contributed by atoms with van der Waals surface area (Å²) in [5.74, 6) is -0.300. The van der Waals surface area contributed by atoms with Gasteiger partial charge in [0.1, 0.15) is 11.3 Å². The number of unbranched alkanes of at least 4 members (excludes halogenated alkanes) is 1. The van der Waals surface area contributed by atoms with Gasteiger partial charge in [-0.3, -0.25) is 9.79 Å². The third-order valence-electron chi connectivity index (χ3n) is 4.96. The van der Waals surface area contributed by atoms with Crippen molar-refractivity contribution in [2.75, 3.05) is 5.75 Å². The lowest BCUT2D eigenvalue weighted by atomic mass is 10.1. The molecule has 0 saturated carbocycles.